The number of nitrogens with one attached hydrogen (secondary N) is 1. The molecule has 4 aromatic rings. The Balaban J connectivity index is 1.12. The molecule has 35 heavy (non-hydrogen) atoms. The highest BCUT2D eigenvalue weighted by molar-refractivity contribution is 6.25. The molecule has 2 aliphatic heterocycles. The number of primary amides is 1. The van der Waals surface area contributed by atoms with Gasteiger partial charge in [-0.3, -0.25) is 19.3 Å². The lowest BCUT2D eigenvalue weighted by molar-refractivity contribution is 0.0586. The van der Waals surface area contributed by atoms with Crippen LogP contribution in [0.25, 0.3) is 21.7 Å². The van der Waals surface area contributed by atoms with Crippen LogP contribution in [0.5, 0.6) is 0 Å². The molecule has 0 unspecified atom stereocenters. The predicted molar refractivity (Wildman–Crippen MR) is 135 cm³/mol. The van der Waals surface area contributed by atoms with Crippen molar-refractivity contribution in [3.05, 3.63) is 83.0 Å². The number of piperidine rings is 1. The number of H-pyrrole nitrogens is 1. The first-order valence-electron chi connectivity index (χ1n) is 12.0. The summed E-state index contributed by atoms with van der Waals surface area (Å²) in [7, 11) is 0. The van der Waals surface area contributed by atoms with E-state index in [2.05, 4.69) is 9.88 Å². The fourth-order valence-electron chi connectivity index (χ4n) is 5.63. The maximum Gasteiger partial charge on any atom is 0.261 e. The molecule has 0 atom stereocenters. The van der Waals surface area contributed by atoms with E-state index in [-0.39, 0.29) is 11.8 Å². The van der Waals surface area contributed by atoms with Gasteiger partial charge in [0.1, 0.15) is 0 Å². The largest absolute Gasteiger partial charge is 0.366 e. The van der Waals surface area contributed by atoms with Gasteiger partial charge in [0.15, 0.2) is 0 Å². The van der Waals surface area contributed by atoms with Crippen LogP contribution < -0.4 is 5.73 Å². The Kier molecular flexibility index (Phi) is 5.15. The maximum atomic E-state index is 13.1. The molecule has 3 aromatic carbocycles. The van der Waals surface area contributed by atoms with Gasteiger partial charge in [-0.15, -0.1) is 0 Å². The van der Waals surface area contributed by atoms with Gasteiger partial charge in [-0.2, -0.15) is 0 Å². The van der Waals surface area contributed by atoms with Crippen molar-refractivity contribution in [3.63, 3.8) is 0 Å². The van der Waals surface area contributed by atoms with E-state index in [0.717, 1.165) is 47.6 Å². The van der Waals surface area contributed by atoms with Crippen molar-refractivity contribution < 1.29 is 14.4 Å². The van der Waals surface area contributed by atoms with E-state index in [9.17, 15) is 14.4 Å². The van der Waals surface area contributed by atoms with E-state index in [1.807, 2.05) is 54.7 Å². The van der Waals surface area contributed by atoms with Gasteiger partial charge in [-0.1, -0.05) is 30.3 Å². The van der Waals surface area contributed by atoms with E-state index >= 15 is 0 Å². The van der Waals surface area contributed by atoms with E-state index in [1.54, 1.807) is 6.07 Å². The molecular weight excluding hydrogens is 440 g/mol. The first-order chi connectivity index (χ1) is 17.0. The normalized spacial score (nSPS) is 17.0. The molecule has 3 amide bonds. The second-order valence-electron chi connectivity index (χ2n) is 9.46. The molecule has 0 spiro atoms. The highest BCUT2D eigenvalue weighted by Crippen LogP contribution is 2.34. The minimum Gasteiger partial charge on any atom is -0.366 e. The van der Waals surface area contributed by atoms with Crippen LogP contribution in [0.15, 0.2) is 60.8 Å². The molecule has 6 rings (SSSR count). The van der Waals surface area contributed by atoms with Gasteiger partial charge < -0.3 is 15.6 Å². The molecule has 0 radical (unpaired) electrons. The summed E-state index contributed by atoms with van der Waals surface area (Å²) >= 11 is 0. The third-order valence-corrected chi connectivity index (χ3v) is 7.52. The van der Waals surface area contributed by atoms with E-state index < -0.39 is 5.91 Å². The molecule has 2 aliphatic rings. The van der Waals surface area contributed by atoms with Crippen LogP contribution >= 0.6 is 0 Å². The molecule has 3 N–H and O–H groups in total. The van der Waals surface area contributed by atoms with Crippen LogP contribution in [-0.4, -0.2) is 58.7 Å². The molecule has 0 aliphatic carbocycles. The Labute approximate surface area is 202 Å². The van der Waals surface area contributed by atoms with Crippen molar-refractivity contribution >= 4 is 39.4 Å². The predicted octanol–water partition coefficient (Wildman–Crippen LogP) is 3.90. The summed E-state index contributed by atoms with van der Waals surface area (Å²) in [6.45, 7) is 2.85. The number of likely N-dealkylation sites (tertiary alicyclic amines) is 1. The molecule has 7 nitrogen and oxygen atoms in total. The van der Waals surface area contributed by atoms with Crippen LogP contribution in [-0.2, 0) is 0 Å². The molecule has 0 bridgehead atoms. The summed E-state index contributed by atoms with van der Waals surface area (Å²) in [5.41, 5.74) is 9.32. The number of amides is 3. The second kappa shape index (κ2) is 8.36. The van der Waals surface area contributed by atoms with Crippen LogP contribution in [0.3, 0.4) is 0 Å². The molecule has 176 valence electrons. The Morgan fingerprint density at radius 3 is 2.29 bits per heavy atom. The van der Waals surface area contributed by atoms with Crippen LogP contribution in [0.1, 0.15) is 55.4 Å². The van der Waals surface area contributed by atoms with Crippen LogP contribution in [0, 0.1) is 0 Å². The highest BCUT2D eigenvalue weighted by atomic mass is 16.2. The fourth-order valence-corrected chi connectivity index (χ4v) is 5.63. The average Bonchev–Trinajstić information content (AvgIpc) is 3.31. The third kappa shape index (κ3) is 3.59. The molecule has 3 heterocycles. The van der Waals surface area contributed by atoms with Crippen molar-refractivity contribution in [1.29, 1.82) is 0 Å². The van der Waals surface area contributed by atoms with Gasteiger partial charge in [0, 0.05) is 52.3 Å². The number of rotatable bonds is 5. The number of fused-ring (bicyclic) bond motifs is 1. The smallest absolute Gasteiger partial charge is 0.261 e. The number of nitrogens with zero attached hydrogens (tertiary/aromatic N) is 2. The van der Waals surface area contributed by atoms with Crippen molar-refractivity contribution in [2.45, 2.75) is 18.8 Å². The van der Waals surface area contributed by atoms with Gasteiger partial charge >= 0.3 is 0 Å². The monoisotopic (exact) mass is 466 g/mol. The molecular formula is C28H26N4O3. The maximum absolute atomic E-state index is 13.1. The van der Waals surface area contributed by atoms with Crippen molar-refractivity contribution in [3.8, 4) is 0 Å². The lowest BCUT2D eigenvalue weighted by Crippen LogP contribution is -2.45. The Morgan fingerprint density at radius 2 is 1.63 bits per heavy atom. The number of hydrogen-bond donors (Lipinski definition) is 2. The zero-order chi connectivity index (χ0) is 24.1. The van der Waals surface area contributed by atoms with Gasteiger partial charge in [0.25, 0.3) is 11.8 Å². The Morgan fingerprint density at radius 1 is 0.943 bits per heavy atom. The Hall–Kier alpha value is -3.97. The quantitative estimate of drug-likeness (QED) is 0.436. The summed E-state index contributed by atoms with van der Waals surface area (Å²) in [5, 5.41) is 2.82. The standard InChI is InChI=1S/C28H26N4O3/c29-26(33)19-7-8-20-23(16-30-24(20)15-19)17-9-11-31(12-10-17)13-14-32-27(34)21-5-1-3-18-4-2-6-22(25(18)21)28(32)35/h1-8,15-17,30H,9-14H2,(H2,29,33). The average molecular weight is 467 g/mol. The lowest BCUT2D eigenvalue weighted by atomic mass is 9.89. The van der Waals surface area contributed by atoms with Gasteiger partial charge in [0.2, 0.25) is 5.91 Å². The second-order valence-corrected chi connectivity index (χ2v) is 9.46. The lowest BCUT2D eigenvalue weighted by Gasteiger charge is -2.34. The first-order valence-corrected chi connectivity index (χ1v) is 12.0. The number of nitrogens with two attached hydrogens (primary N) is 1. The fraction of sp³-hybridized carbons (Fsp3) is 0.250. The van der Waals surface area contributed by atoms with E-state index in [1.165, 1.54) is 10.5 Å². The van der Waals surface area contributed by atoms with Gasteiger partial charge in [-0.05, 0) is 67.1 Å². The van der Waals surface area contributed by atoms with Gasteiger partial charge in [-0.25, -0.2) is 0 Å². The van der Waals surface area contributed by atoms with Crippen molar-refractivity contribution in [2.75, 3.05) is 26.2 Å². The SMILES string of the molecule is NC(=O)c1ccc2c(C3CCN(CCN4C(=O)c5cccc6cccc(c56)C4=O)CC3)c[nH]c2c1. The first kappa shape index (κ1) is 21.6. The zero-order valence-electron chi connectivity index (χ0n) is 19.3. The molecule has 1 aromatic heterocycles. The van der Waals surface area contributed by atoms with E-state index in [4.69, 9.17) is 5.73 Å². The number of imide groups is 1. The van der Waals surface area contributed by atoms with Crippen LogP contribution in [0.4, 0.5) is 0 Å². The summed E-state index contributed by atoms with van der Waals surface area (Å²) < 4.78 is 0. The van der Waals surface area contributed by atoms with Gasteiger partial charge in [0.05, 0.1) is 0 Å². The number of carbonyl (C=O) groups excluding carboxylic acids is 3. The Bertz CT molecular complexity index is 1450. The number of hydrogen-bond acceptors (Lipinski definition) is 4. The summed E-state index contributed by atoms with van der Waals surface area (Å²) in [5.74, 6) is -0.420. The minimum absolute atomic E-state index is 0.205. The third-order valence-electron chi connectivity index (χ3n) is 7.52. The summed E-state index contributed by atoms with van der Waals surface area (Å²) in [6.07, 6.45) is 4.03. The van der Waals surface area contributed by atoms with E-state index in [0.29, 0.717) is 35.7 Å². The van der Waals surface area contributed by atoms with Crippen LogP contribution in [0.2, 0.25) is 0 Å². The molecule has 1 saturated heterocycles. The number of aromatic nitrogens is 1. The zero-order valence-corrected chi connectivity index (χ0v) is 19.3. The topological polar surface area (TPSA) is 99.5 Å². The minimum atomic E-state index is -0.429. The molecule has 0 saturated carbocycles. The molecule has 1 fully saturated rings. The van der Waals surface area contributed by atoms with Crippen molar-refractivity contribution in [2.24, 2.45) is 5.73 Å². The van der Waals surface area contributed by atoms with Crippen molar-refractivity contribution in [1.82, 2.24) is 14.8 Å². The molecule has 7 heteroatoms. The highest BCUT2D eigenvalue weighted by Gasteiger charge is 2.33. The summed E-state index contributed by atoms with van der Waals surface area (Å²) in [6, 6.07) is 16.8. The summed E-state index contributed by atoms with van der Waals surface area (Å²) in [4.78, 5) is 44.8. The number of carbonyl (C=O) groups is 3. The number of benzene rings is 3. The number of aromatic amines is 1.